The molecule has 1 amide bonds. The van der Waals surface area contributed by atoms with Gasteiger partial charge in [-0.1, -0.05) is 43.2 Å². The van der Waals surface area contributed by atoms with Crippen LogP contribution in [0.1, 0.15) is 25.3 Å². The Morgan fingerprint density at radius 3 is 2.38 bits per heavy atom. The highest BCUT2D eigenvalue weighted by Gasteiger charge is 2.28. The molecule has 0 saturated carbocycles. The molecule has 5 nitrogen and oxygen atoms in total. The Morgan fingerprint density at radius 2 is 1.77 bits per heavy atom. The number of hydrogen-bond acceptors (Lipinski definition) is 3. The predicted octanol–water partition coefficient (Wildman–Crippen LogP) is 3.25. The Labute approximate surface area is 153 Å². The standard InChI is InChI=1S/C19H23FN2O3S/c1-3-4-13-21-19(23)14-22(18-8-6-5-7-17(18)20)26(24,25)16-11-9-15(2)10-12-16/h5-12H,3-4,13-14H2,1-2H3,(H,21,23). The molecule has 0 unspecified atom stereocenters. The molecule has 0 spiro atoms. The molecule has 0 aliphatic heterocycles. The van der Waals surface area contributed by atoms with Gasteiger partial charge in [0.2, 0.25) is 5.91 Å². The number of para-hydroxylation sites is 1. The van der Waals surface area contributed by atoms with Crippen molar-refractivity contribution >= 4 is 21.6 Å². The van der Waals surface area contributed by atoms with Crippen molar-refractivity contribution < 1.29 is 17.6 Å². The Hall–Kier alpha value is -2.41. The van der Waals surface area contributed by atoms with Gasteiger partial charge in [0.1, 0.15) is 12.4 Å². The summed E-state index contributed by atoms with van der Waals surface area (Å²) in [6.07, 6.45) is 1.69. The monoisotopic (exact) mass is 378 g/mol. The molecule has 0 aliphatic carbocycles. The number of rotatable bonds is 8. The third kappa shape index (κ3) is 4.82. The second-order valence-electron chi connectivity index (χ2n) is 5.98. The van der Waals surface area contributed by atoms with Gasteiger partial charge in [-0.25, -0.2) is 12.8 Å². The smallest absolute Gasteiger partial charge is 0.264 e. The third-order valence-corrected chi connectivity index (χ3v) is 5.64. The van der Waals surface area contributed by atoms with Gasteiger partial charge in [0.05, 0.1) is 10.6 Å². The van der Waals surface area contributed by atoms with E-state index < -0.39 is 28.3 Å². The molecule has 7 heteroatoms. The lowest BCUT2D eigenvalue weighted by Gasteiger charge is -2.24. The van der Waals surface area contributed by atoms with Crippen molar-refractivity contribution in [3.63, 3.8) is 0 Å². The van der Waals surface area contributed by atoms with Crippen LogP contribution in [0.4, 0.5) is 10.1 Å². The molecule has 0 fully saturated rings. The molecular weight excluding hydrogens is 355 g/mol. The molecule has 0 atom stereocenters. The van der Waals surface area contributed by atoms with Crippen LogP contribution in [0.25, 0.3) is 0 Å². The first-order valence-corrected chi connectivity index (χ1v) is 9.91. The summed E-state index contributed by atoms with van der Waals surface area (Å²) in [7, 11) is -4.09. The molecule has 0 saturated heterocycles. The zero-order valence-corrected chi connectivity index (χ0v) is 15.7. The van der Waals surface area contributed by atoms with Crippen LogP contribution >= 0.6 is 0 Å². The Bertz CT molecular complexity index is 851. The lowest BCUT2D eigenvalue weighted by molar-refractivity contribution is -0.119. The highest BCUT2D eigenvalue weighted by Crippen LogP contribution is 2.26. The van der Waals surface area contributed by atoms with E-state index in [-0.39, 0.29) is 10.6 Å². The van der Waals surface area contributed by atoms with Gasteiger partial charge in [0.25, 0.3) is 10.0 Å². The SMILES string of the molecule is CCCCNC(=O)CN(c1ccccc1F)S(=O)(=O)c1ccc(C)cc1. The van der Waals surface area contributed by atoms with E-state index in [9.17, 15) is 17.6 Å². The summed E-state index contributed by atoms with van der Waals surface area (Å²) in [6.45, 7) is 3.79. The van der Waals surface area contributed by atoms with Gasteiger partial charge < -0.3 is 5.32 Å². The summed E-state index contributed by atoms with van der Waals surface area (Å²) in [6, 6.07) is 11.7. The number of anilines is 1. The largest absolute Gasteiger partial charge is 0.355 e. The molecule has 2 aromatic rings. The highest BCUT2D eigenvalue weighted by atomic mass is 32.2. The number of carbonyl (C=O) groups is 1. The Morgan fingerprint density at radius 1 is 1.12 bits per heavy atom. The second-order valence-corrected chi connectivity index (χ2v) is 7.84. The third-order valence-electron chi connectivity index (χ3n) is 3.87. The van der Waals surface area contributed by atoms with E-state index in [1.807, 2.05) is 13.8 Å². The van der Waals surface area contributed by atoms with Crippen molar-refractivity contribution in [1.82, 2.24) is 5.32 Å². The van der Waals surface area contributed by atoms with E-state index >= 15 is 0 Å². The molecule has 0 aromatic heterocycles. The van der Waals surface area contributed by atoms with Gasteiger partial charge in [-0.3, -0.25) is 9.10 Å². The number of unbranched alkanes of at least 4 members (excludes halogenated alkanes) is 1. The van der Waals surface area contributed by atoms with Crippen LogP contribution in [0.2, 0.25) is 0 Å². The van der Waals surface area contributed by atoms with Gasteiger partial charge in [0.15, 0.2) is 0 Å². The lowest BCUT2D eigenvalue weighted by atomic mass is 10.2. The maximum atomic E-state index is 14.3. The molecule has 1 N–H and O–H groups in total. The van der Waals surface area contributed by atoms with E-state index in [4.69, 9.17) is 0 Å². The number of benzene rings is 2. The van der Waals surface area contributed by atoms with Crippen LogP contribution in [-0.2, 0) is 14.8 Å². The van der Waals surface area contributed by atoms with E-state index in [1.54, 1.807) is 12.1 Å². The number of amides is 1. The van der Waals surface area contributed by atoms with Gasteiger partial charge in [-0.15, -0.1) is 0 Å². The predicted molar refractivity (Wildman–Crippen MR) is 100 cm³/mol. The van der Waals surface area contributed by atoms with E-state index in [2.05, 4.69) is 5.32 Å². The van der Waals surface area contributed by atoms with Crippen LogP contribution in [0.3, 0.4) is 0 Å². The van der Waals surface area contributed by atoms with Crippen LogP contribution < -0.4 is 9.62 Å². The number of hydrogen-bond donors (Lipinski definition) is 1. The fourth-order valence-corrected chi connectivity index (χ4v) is 3.81. The average molecular weight is 378 g/mol. The molecule has 0 aliphatic rings. The van der Waals surface area contributed by atoms with Crippen molar-refractivity contribution in [3.8, 4) is 0 Å². The number of sulfonamides is 1. The van der Waals surface area contributed by atoms with Gasteiger partial charge in [0, 0.05) is 6.54 Å². The van der Waals surface area contributed by atoms with Crippen molar-refractivity contribution in [1.29, 1.82) is 0 Å². The van der Waals surface area contributed by atoms with E-state index in [0.717, 1.165) is 22.7 Å². The zero-order chi connectivity index (χ0) is 19.2. The van der Waals surface area contributed by atoms with Crippen molar-refractivity contribution in [3.05, 3.63) is 59.9 Å². The fraction of sp³-hybridized carbons (Fsp3) is 0.316. The summed E-state index contributed by atoms with van der Waals surface area (Å²) in [5.41, 5.74) is 0.748. The summed E-state index contributed by atoms with van der Waals surface area (Å²) in [5, 5.41) is 2.67. The van der Waals surface area contributed by atoms with Crippen molar-refractivity contribution in [2.24, 2.45) is 0 Å². The highest BCUT2D eigenvalue weighted by molar-refractivity contribution is 7.92. The summed E-state index contributed by atoms with van der Waals surface area (Å²) in [5.74, 6) is -1.18. The molecule has 2 rings (SSSR count). The fourth-order valence-electron chi connectivity index (χ4n) is 2.38. The minimum absolute atomic E-state index is 0.00714. The van der Waals surface area contributed by atoms with Crippen molar-refractivity contribution in [2.45, 2.75) is 31.6 Å². The van der Waals surface area contributed by atoms with E-state index in [0.29, 0.717) is 6.54 Å². The number of aryl methyl sites for hydroxylation is 1. The first kappa shape index (κ1) is 19.9. The topological polar surface area (TPSA) is 66.5 Å². The van der Waals surface area contributed by atoms with Gasteiger partial charge in [-0.2, -0.15) is 0 Å². The molecule has 140 valence electrons. The maximum Gasteiger partial charge on any atom is 0.264 e. The van der Waals surface area contributed by atoms with Gasteiger partial charge in [-0.05, 0) is 37.6 Å². The molecule has 26 heavy (non-hydrogen) atoms. The van der Waals surface area contributed by atoms with Crippen molar-refractivity contribution in [2.75, 3.05) is 17.4 Å². The lowest BCUT2D eigenvalue weighted by Crippen LogP contribution is -2.41. The van der Waals surface area contributed by atoms with Crippen LogP contribution in [0.15, 0.2) is 53.4 Å². The number of nitrogens with zero attached hydrogens (tertiary/aromatic N) is 1. The minimum Gasteiger partial charge on any atom is -0.355 e. The quantitative estimate of drug-likeness (QED) is 0.717. The number of halogens is 1. The summed E-state index contributed by atoms with van der Waals surface area (Å²) in [4.78, 5) is 12.2. The second kappa shape index (κ2) is 8.80. The summed E-state index contributed by atoms with van der Waals surface area (Å²) < 4.78 is 41.2. The molecule has 0 radical (unpaired) electrons. The maximum absolute atomic E-state index is 14.3. The minimum atomic E-state index is -4.09. The molecule has 0 heterocycles. The van der Waals surface area contributed by atoms with E-state index in [1.165, 1.54) is 36.4 Å². The zero-order valence-electron chi connectivity index (χ0n) is 14.9. The van der Waals surface area contributed by atoms with Gasteiger partial charge >= 0.3 is 0 Å². The Kier molecular flexibility index (Phi) is 6.74. The number of carbonyl (C=O) groups excluding carboxylic acids is 1. The molecule has 0 bridgehead atoms. The molecule has 2 aromatic carbocycles. The Balaban J connectivity index is 2.38. The first-order valence-electron chi connectivity index (χ1n) is 8.47. The normalized spacial score (nSPS) is 11.2. The number of nitrogens with one attached hydrogen (secondary N) is 1. The average Bonchev–Trinajstić information content (AvgIpc) is 2.61. The van der Waals surface area contributed by atoms with Crippen LogP contribution in [0.5, 0.6) is 0 Å². The molecular formula is C19H23FN2O3S. The van der Waals surface area contributed by atoms with Crippen LogP contribution in [0, 0.1) is 12.7 Å². The van der Waals surface area contributed by atoms with Crippen LogP contribution in [-0.4, -0.2) is 27.4 Å². The first-order chi connectivity index (χ1) is 12.4. The summed E-state index contributed by atoms with van der Waals surface area (Å²) >= 11 is 0.